The topological polar surface area (TPSA) is 61.9 Å². The summed E-state index contributed by atoms with van der Waals surface area (Å²) in [6, 6.07) is -0.131. The SMILES string of the molecule is CCOC(=O)N1CCN(C(=O)N/C=C/C(C)(C)C)CC1. The molecule has 1 aliphatic rings. The Kier molecular flexibility index (Phi) is 5.85. The van der Waals surface area contributed by atoms with Crippen molar-refractivity contribution in [3.8, 4) is 0 Å². The highest BCUT2D eigenvalue weighted by molar-refractivity contribution is 5.75. The Morgan fingerprint density at radius 3 is 2.20 bits per heavy atom. The smallest absolute Gasteiger partial charge is 0.409 e. The van der Waals surface area contributed by atoms with Gasteiger partial charge in [0.05, 0.1) is 6.61 Å². The molecular formula is C14H25N3O3. The maximum Gasteiger partial charge on any atom is 0.409 e. The van der Waals surface area contributed by atoms with Gasteiger partial charge >= 0.3 is 12.1 Å². The summed E-state index contributed by atoms with van der Waals surface area (Å²) in [6.07, 6.45) is 3.32. The lowest BCUT2D eigenvalue weighted by Gasteiger charge is -2.33. The summed E-state index contributed by atoms with van der Waals surface area (Å²) in [5.74, 6) is 0. The summed E-state index contributed by atoms with van der Waals surface area (Å²) < 4.78 is 4.94. The monoisotopic (exact) mass is 283 g/mol. The van der Waals surface area contributed by atoms with Crippen molar-refractivity contribution >= 4 is 12.1 Å². The van der Waals surface area contributed by atoms with Crippen molar-refractivity contribution in [2.75, 3.05) is 32.8 Å². The zero-order chi connectivity index (χ0) is 15.2. The molecule has 0 saturated carbocycles. The molecule has 0 bridgehead atoms. The minimum atomic E-state index is -0.305. The summed E-state index contributed by atoms with van der Waals surface area (Å²) in [7, 11) is 0. The summed E-state index contributed by atoms with van der Waals surface area (Å²) in [5.41, 5.74) is 0.0376. The molecule has 6 heteroatoms. The predicted molar refractivity (Wildman–Crippen MR) is 77.3 cm³/mol. The van der Waals surface area contributed by atoms with Crippen molar-refractivity contribution in [1.29, 1.82) is 0 Å². The molecule has 1 heterocycles. The van der Waals surface area contributed by atoms with Gasteiger partial charge in [-0.1, -0.05) is 26.8 Å². The van der Waals surface area contributed by atoms with Crippen LogP contribution in [0.15, 0.2) is 12.3 Å². The highest BCUT2D eigenvalue weighted by Gasteiger charge is 2.24. The molecule has 1 saturated heterocycles. The maximum absolute atomic E-state index is 11.9. The number of carbonyl (C=O) groups excluding carboxylic acids is 2. The fourth-order valence-corrected chi connectivity index (χ4v) is 1.76. The molecule has 0 aromatic heterocycles. The van der Waals surface area contributed by atoms with Gasteiger partial charge in [0.2, 0.25) is 0 Å². The van der Waals surface area contributed by atoms with Gasteiger partial charge in [0.1, 0.15) is 0 Å². The molecule has 0 aliphatic carbocycles. The van der Waals surface area contributed by atoms with E-state index in [4.69, 9.17) is 4.74 Å². The minimum Gasteiger partial charge on any atom is -0.450 e. The molecule has 1 rings (SSSR count). The number of urea groups is 1. The first-order valence-electron chi connectivity index (χ1n) is 6.98. The summed E-state index contributed by atoms with van der Waals surface area (Å²) >= 11 is 0. The third-order valence-electron chi connectivity index (χ3n) is 2.88. The normalized spacial score (nSPS) is 16.4. The van der Waals surface area contributed by atoms with Gasteiger partial charge in [0.25, 0.3) is 0 Å². The number of piperazine rings is 1. The van der Waals surface area contributed by atoms with Crippen LogP contribution in [0, 0.1) is 5.41 Å². The van der Waals surface area contributed by atoms with Gasteiger partial charge in [-0.2, -0.15) is 0 Å². The van der Waals surface area contributed by atoms with Gasteiger partial charge in [-0.15, -0.1) is 0 Å². The van der Waals surface area contributed by atoms with E-state index in [0.29, 0.717) is 32.8 Å². The van der Waals surface area contributed by atoms with Crippen LogP contribution in [0.1, 0.15) is 27.7 Å². The number of nitrogens with zero attached hydrogens (tertiary/aromatic N) is 2. The first-order chi connectivity index (χ1) is 9.33. The van der Waals surface area contributed by atoms with Crippen LogP contribution in [-0.2, 0) is 4.74 Å². The van der Waals surface area contributed by atoms with Gasteiger partial charge in [-0.05, 0) is 12.3 Å². The highest BCUT2D eigenvalue weighted by atomic mass is 16.6. The zero-order valence-corrected chi connectivity index (χ0v) is 12.8. The number of hydrogen-bond acceptors (Lipinski definition) is 3. The molecule has 0 aromatic rings. The average Bonchev–Trinajstić information content (AvgIpc) is 2.37. The number of carbonyl (C=O) groups is 2. The number of allylic oxidation sites excluding steroid dienone is 1. The molecule has 0 spiro atoms. The Balaban J connectivity index is 2.36. The largest absolute Gasteiger partial charge is 0.450 e. The number of ether oxygens (including phenoxy) is 1. The first-order valence-corrected chi connectivity index (χ1v) is 6.98. The molecule has 0 radical (unpaired) electrons. The third kappa shape index (κ3) is 5.50. The van der Waals surface area contributed by atoms with E-state index in [-0.39, 0.29) is 17.5 Å². The second kappa shape index (κ2) is 7.17. The Labute approximate surface area is 120 Å². The van der Waals surface area contributed by atoms with Gasteiger partial charge in [0, 0.05) is 32.4 Å². The van der Waals surface area contributed by atoms with Crippen LogP contribution in [-0.4, -0.2) is 54.7 Å². The van der Waals surface area contributed by atoms with Crippen molar-refractivity contribution < 1.29 is 14.3 Å². The van der Waals surface area contributed by atoms with Crippen LogP contribution >= 0.6 is 0 Å². The van der Waals surface area contributed by atoms with Crippen LogP contribution in [0.2, 0.25) is 0 Å². The van der Waals surface area contributed by atoms with Crippen LogP contribution in [0.3, 0.4) is 0 Å². The molecule has 1 aliphatic heterocycles. The molecule has 1 fully saturated rings. The van der Waals surface area contributed by atoms with Crippen molar-refractivity contribution in [2.24, 2.45) is 5.41 Å². The van der Waals surface area contributed by atoms with Crippen molar-refractivity contribution in [1.82, 2.24) is 15.1 Å². The van der Waals surface area contributed by atoms with E-state index in [9.17, 15) is 9.59 Å². The van der Waals surface area contributed by atoms with E-state index < -0.39 is 0 Å². The van der Waals surface area contributed by atoms with E-state index in [2.05, 4.69) is 26.1 Å². The zero-order valence-electron chi connectivity index (χ0n) is 12.8. The Morgan fingerprint density at radius 1 is 1.15 bits per heavy atom. The molecule has 3 amide bonds. The standard InChI is InChI=1S/C14H25N3O3/c1-5-20-13(19)17-10-8-16(9-11-17)12(18)15-7-6-14(2,3)4/h6-7H,5,8-11H2,1-4H3,(H,15,18)/b7-6+. The van der Waals surface area contributed by atoms with Gasteiger partial charge in [-0.3, -0.25) is 0 Å². The van der Waals surface area contributed by atoms with E-state index in [0.717, 1.165) is 0 Å². The summed E-state index contributed by atoms with van der Waals surface area (Å²) in [5, 5.41) is 2.75. The highest BCUT2D eigenvalue weighted by Crippen LogP contribution is 2.13. The number of hydrogen-bond donors (Lipinski definition) is 1. The lowest BCUT2D eigenvalue weighted by atomic mass is 9.97. The first kappa shape index (κ1) is 16.3. The maximum atomic E-state index is 11.9. The fourth-order valence-electron chi connectivity index (χ4n) is 1.76. The van der Waals surface area contributed by atoms with E-state index in [1.54, 1.807) is 22.9 Å². The quantitative estimate of drug-likeness (QED) is 0.843. The molecule has 0 atom stereocenters. The number of amides is 3. The third-order valence-corrected chi connectivity index (χ3v) is 2.88. The molecule has 0 unspecified atom stereocenters. The second-order valence-electron chi connectivity index (χ2n) is 5.82. The van der Waals surface area contributed by atoms with E-state index in [1.807, 2.05) is 6.08 Å². The molecule has 20 heavy (non-hydrogen) atoms. The molecular weight excluding hydrogens is 258 g/mol. The summed E-state index contributed by atoms with van der Waals surface area (Å²) in [4.78, 5) is 26.8. The lowest BCUT2D eigenvalue weighted by molar-refractivity contribution is 0.0856. The van der Waals surface area contributed by atoms with Gasteiger partial charge in [0.15, 0.2) is 0 Å². The van der Waals surface area contributed by atoms with Gasteiger partial charge < -0.3 is 19.9 Å². The van der Waals surface area contributed by atoms with Crippen LogP contribution in [0.4, 0.5) is 9.59 Å². The van der Waals surface area contributed by atoms with Gasteiger partial charge in [-0.25, -0.2) is 9.59 Å². The van der Waals surface area contributed by atoms with Crippen molar-refractivity contribution in [3.05, 3.63) is 12.3 Å². The van der Waals surface area contributed by atoms with E-state index in [1.165, 1.54) is 0 Å². The van der Waals surface area contributed by atoms with Crippen LogP contribution < -0.4 is 5.32 Å². The minimum absolute atomic E-state index is 0.0376. The average molecular weight is 283 g/mol. The van der Waals surface area contributed by atoms with Crippen molar-refractivity contribution in [3.63, 3.8) is 0 Å². The molecule has 114 valence electrons. The fraction of sp³-hybridized carbons (Fsp3) is 0.714. The second-order valence-corrected chi connectivity index (χ2v) is 5.82. The number of nitrogens with one attached hydrogen (secondary N) is 1. The summed E-state index contributed by atoms with van der Waals surface area (Å²) in [6.45, 7) is 10.4. The van der Waals surface area contributed by atoms with Crippen LogP contribution in [0.25, 0.3) is 0 Å². The molecule has 0 aromatic carbocycles. The number of rotatable bonds is 2. The van der Waals surface area contributed by atoms with Crippen LogP contribution in [0.5, 0.6) is 0 Å². The predicted octanol–water partition coefficient (Wildman–Crippen LogP) is 2.03. The van der Waals surface area contributed by atoms with E-state index >= 15 is 0 Å². The molecule has 1 N–H and O–H groups in total. The molecule has 6 nitrogen and oxygen atoms in total. The lowest BCUT2D eigenvalue weighted by Crippen LogP contribution is -2.52. The Hall–Kier alpha value is -1.72. The van der Waals surface area contributed by atoms with Crippen molar-refractivity contribution in [2.45, 2.75) is 27.7 Å². The Morgan fingerprint density at radius 2 is 1.70 bits per heavy atom. The Bertz CT molecular complexity index is 366.